The third kappa shape index (κ3) is 4.28. The zero-order chi connectivity index (χ0) is 20.1. The van der Waals surface area contributed by atoms with Gasteiger partial charge in [-0.1, -0.05) is 38.1 Å². The lowest BCUT2D eigenvalue weighted by molar-refractivity contribution is -0.124. The van der Waals surface area contributed by atoms with Crippen LogP contribution in [-0.4, -0.2) is 43.5 Å². The van der Waals surface area contributed by atoms with Crippen molar-refractivity contribution in [2.75, 3.05) is 26.8 Å². The molecule has 150 valence electrons. The Morgan fingerprint density at radius 3 is 2.71 bits per heavy atom. The van der Waals surface area contributed by atoms with Gasteiger partial charge in [0, 0.05) is 30.6 Å². The van der Waals surface area contributed by atoms with E-state index in [0.717, 1.165) is 16.9 Å². The molecule has 1 aromatic carbocycles. The number of fused-ring (bicyclic) bond motifs is 1. The van der Waals surface area contributed by atoms with Crippen molar-refractivity contribution in [3.63, 3.8) is 0 Å². The Hall–Kier alpha value is -2.18. The molecule has 2 heterocycles. The van der Waals surface area contributed by atoms with Crippen molar-refractivity contribution in [1.29, 1.82) is 0 Å². The van der Waals surface area contributed by atoms with Crippen molar-refractivity contribution < 1.29 is 14.3 Å². The molecule has 1 aliphatic rings. The number of amides is 2. The Kier molecular flexibility index (Phi) is 6.86. The molecule has 0 fully saturated rings. The molecule has 28 heavy (non-hydrogen) atoms. The number of hydrogen-bond donors (Lipinski definition) is 1. The third-order valence-corrected chi connectivity index (χ3v) is 6.06. The van der Waals surface area contributed by atoms with Crippen LogP contribution in [0.2, 0.25) is 0 Å². The van der Waals surface area contributed by atoms with Crippen LogP contribution in [0.15, 0.2) is 41.8 Å². The van der Waals surface area contributed by atoms with Crippen LogP contribution in [0, 0.1) is 5.92 Å². The number of benzene rings is 1. The van der Waals surface area contributed by atoms with Crippen molar-refractivity contribution in [3.8, 4) is 0 Å². The molecule has 0 unspecified atom stereocenters. The van der Waals surface area contributed by atoms with E-state index in [1.165, 1.54) is 0 Å². The summed E-state index contributed by atoms with van der Waals surface area (Å²) in [5, 5.41) is 5.09. The predicted molar refractivity (Wildman–Crippen MR) is 112 cm³/mol. The van der Waals surface area contributed by atoms with E-state index in [-0.39, 0.29) is 17.9 Å². The number of nitrogens with one attached hydrogen (secondary N) is 1. The van der Waals surface area contributed by atoms with Crippen molar-refractivity contribution in [3.05, 3.63) is 57.8 Å². The van der Waals surface area contributed by atoms with Gasteiger partial charge in [0.1, 0.15) is 0 Å². The highest BCUT2D eigenvalue weighted by molar-refractivity contribution is 7.10. The van der Waals surface area contributed by atoms with Gasteiger partial charge >= 0.3 is 0 Å². The highest BCUT2D eigenvalue weighted by Crippen LogP contribution is 2.44. The first-order valence-electron chi connectivity index (χ1n) is 9.74. The Morgan fingerprint density at radius 2 is 2.04 bits per heavy atom. The van der Waals surface area contributed by atoms with Gasteiger partial charge in [-0.05, 0) is 35.4 Å². The van der Waals surface area contributed by atoms with Gasteiger partial charge in [0.15, 0.2) is 0 Å². The molecule has 1 aliphatic heterocycles. The summed E-state index contributed by atoms with van der Waals surface area (Å²) >= 11 is 1.58. The number of ether oxygens (including phenoxy) is 1. The normalized spacial score (nSPS) is 19.0. The van der Waals surface area contributed by atoms with Crippen LogP contribution in [0.3, 0.4) is 0 Å². The molecule has 0 aliphatic carbocycles. The molecule has 0 saturated carbocycles. The molecule has 2 amide bonds. The standard InChI is InChI=1S/C22H28N2O3S/c1-15(2)10-11-23-21(25)19-16-7-4-5-8-17(16)22(26)24(12-13-27-3)20(19)18-9-6-14-28-18/h4-9,14-15,19-20H,10-13H2,1-3H3,(H,23,25)/t19-,20+/m0/s1. The van der Waals surface area contributed by atoms with E-state index in [9.17, 15) is 9.59 Å². The predicted octanol–water partition coefficient (Wildman–Crippen LogP) is 3.84. The largest absolute Gasteiger partial charge is 0.383 e. The molecule has 0 spiro atoms. The molecule has 3 rings (SSSR count). The van der Waals surface area contributed by atoms with Gasteiger partial charge in [0.25, 0.3) is 5.91 Å². The Morgan fingerprint density at radius 1 is 1.25 bits per heavy atom. The van der Waals surface area contributed by atoms with Crippen molar-refractivity contribution in [2.24, 2.45) is 5.92 Å². The van der Waals surface area contributed by atoms with Gasteiger partial charge in [0.05, 0.1) is 18.6 Å². The van der Waals surface area contributed by atoms with Crippen molar-refractivity contribution in [2.45, 2.75) is 32.2 Å². The van der Waals surface area contributed by atoms with E-state index in [0.29, 0.717) is 31.2 Å². The van der Waals surface area contributed by atoms with E-state index >= 15 is 0 Å². The van der Waals surface area contributed by atoms with Crippen LogP contribution >= 0.6 is 11.3 Å². The Balaban J connectivity index is 2.01. The third-order valence-electron chi connectivity index (χ3n) is 5.11. The monoisotopic (exact) mass is 400 g/mol. The van der Waals surface area contributed by atoms with Gasteiger partial charge < -0.3 is 15.0 Å². The number of carbonyl (C=O) groups is 2. The fourth-order valence-electron chi connectivity index (χ4n) is 3.68. The Labute approximate surface area is 170 Å². The van der Waals surface area contributed by atoms with Crippen LogP contribution in [0.4, 0.5) is 0 Å². The van der Waals surface area contributed by atoms with E-state index in [4.69, 9.17) is 4.74 Å². The topological polar surface area (TPSA) is 58.6 Å². The first-order valence-corrected chi connectivity index (χ1v) is 10.6. The molecule has 1 aromatic heterocycles. The van der Waals surface area contributed by atoms with E-state index in [1.54, 1.807) is 23.3 Å². The average molecular weight is 401 g/mol. The summed E-state index contributed by atoms with van der Waals surface area (Å²) in [6, 6.07) is 11.1. The molecule has 0 saturated heterocycles. The summed E-state index contributed by atoms with van der Waals surface area (Å²) in [5.41, 5.74) is 1.41. The second-order valence-corrected chi connectivity index (χ2v) is 8.47. The highest BCUT2D eigenvalue weighted by atomic mass is 32.1. The summed E-state index contributed by atoms with van der Waals surface area (Å²) in [4.78, 5) is 29.4. The smallest absolute Gasteiger partial charge is 0.254 e. The maximum atomic E-state index is 13.3. The van der Waals surface area contributed by atoms with Crippen LogP contribution in [0.5, 0.6) is 0 Å². The maximum absolute atomic E-state index is 13.3. The van der Waals surface area contributed by atoms with Gasteiger partial charge in [0.2, 0.25) is 5.91 Å². The minimum absolute atomic E-state index is 0.0265. The van der Waals surface area contributed by atoms with Crippen LogP contribution < -0.4 is 5.32 Å². The zero-order valence-electron chi connectivity index (χ0n) is 16.7. The molecule has 0 radical (unpaired) electrons. The lowest BCUT2D eigenvalue weighted by Crippen LogP contribution is -2.48. The van der Waals surface area contributed by atoms with E-state index < -0.39 is 5.92 Å². The highest BCUT2D eigenvalue weighted by Gasteiger charge is 2.44. The minimum atomic E-state index is -0.434. The number of methoxy groups -OCH3 is 1. The van der Waals surface area contributed by atoms with Crippen LogP contribution in [0.25, 0.3) is 0 Å². The van der Waals surface area contributed by atoms with Crippen LogP contribution in [0.1, 0.15) is 53.0 Å². The summed E-state index contributed by atoms with van der Waals surface area (Å²) < 4.78 is 5.24. The number of rotatable bonds is 8. The number of nitrogens with zero attached hydrogens (tertiary/aromatic N) is 1. The van der Waals surface area contributed by atoms with Gasteiger partial charge in [-0.3, -0.25) is 9.59 Å². The molecule has 6 heteroatoms. The molecular weight excluding hydrogens is 372 g/mol. The summed E-state index contributed by atoms with van der Waals surface area (Å²) in [5.74, 6) is 0.0158. The zero-order valence-corrected chi connectivity index (χ0v) is 17.5. The summed E-state index contributed by atoms with van der Waals surface area (Å²) in [6.07, 6.45) is 0.927. The van der Waals surface area contributed by atoms with Crippen LogP contribution in [-0.2, 0) is 9.53 Å². The molecular formula is C22H28N2O3S. The first kappa shape index (κ1) is 20.6. The molecule has 2 atom stereocenters. The van der Waals surface area contributed by atoms with Gasteiger partial charge in [-0.15, -0.1) is 11.3 Å². The maximum Gasteiger partial charge on any atom is 0.254 e. The quantitative estimate of drug-likeness (QED) is 0.732. The molecule has 2 aromatic rings. The van der Waals surface area contributed by atoms with Gasteiger partial charge in [-0.25, -0.2) is 0 Å². The van der Waals surface area contributed by atoms with Gasteiger partial charge in [-0.2, -0.15) is 0 Å². The molecule has 5 nitrogen and oxygen atoms in total. The SMILES string of the molecule is COCCN1C(=O)c2ccccc2[C@H](C(=O)NCCC(C)C)[C@H]1c1cccs1. The number of hydrogen-bond acceptors (Lipinski definition) is 4. The number of thiophene rings is 1. The second-order valence-electron chi connectivity index (χ2n) is 7.49. The minimum Gasteiger partial charge on any atom is -0.383 e. The lowest BCUT2D eigenvalue weighted by Gasteiger charge is -2.41. The average Bonchev–Trinajstić information content (AvgIpc) is 3.21. The van der Waals surface area contributed by atoms with E-state index in [1.807, 2.05) is 41.8 Å². The van der Waals surface area contributed by atoms with E-state index in [2.05, 4.69) is 19.2 Å². The fourth-order valence-corrected chi connectivity index (χ4v) is 4.55. The first-order chi connectivity index (χ1) is 13.5. The summed E-state index contributed by atoms with van der Waals surface area (Å²) in [6.45, 7) is 5.79. The Bertz CT molecular complexity index is 804. The van der Waals surface area contributed by atoms with Crippen molar-refractivity contribution >= 4 is 23.2 Å². The molecule has 0 bridgehead atoms. The lowest BCUT2D eigenvalue weighted by atomic mass is 9.81. The molecule has 1 N–H and O–H groups in total. The fraction of sp³-hybridized carbons (Fsp3) is 0.455. The number of carbonyl (C=O) groups excluding carboxylic acids is 2. The van der Waals surface area contributed by atoms with Crippen molar-refractivity contribution in [1.82, 2.24) is 10.2 Å². The second kappa shape index (κ2) is 9.34. The summed E-state index contributed by atoms with van der Waals surface area (Å²) in [7, 11) is 1.62.